The van der Waals surface area contributed by atoms with Crippen LogP contribution in [-0.4, -0.2) is 40.1 Å². The molecule has 0 radical (unpaired) electrons. The minimum Gasteiger partial charge on any atom is -0.495 e. The Morgan fingerprint density at radius 3 is 2.50 bits per heavy atom. The summed E-state index contributed by atoms with van der Waals surface area (Å²) in [6, 6.07) is 18.5. The quantitative estimate of drug-likeness (QED) is 0.237. The summed E-state index contributed by atoms with van der Waals surface area (Å²) in [5, 5.41) is 13.3. The number of aromatic nitrogens is 3. The van der Waals surface area contributed by atoms with E-state index < -0.39 is 0 Å². The first-order valence-corrected chi connectivity index (χ1v) is 12.9. The molecule has 36 heavy (non-hydrogen) atoms. The van der Waals surface area contributed by atoms with Crippen LogP contribution in [0, 0.1) is 6.92 Å². The zero-order chi connectivity index (χ0) is 25.7. The molecule has 4 rings (SSSR count). The Hall–Kier alpha value is -3.20. The van der Waals surface area contributed by atoms with Gasteiger partial charge in [-0.15, -0.1) is 10.2 Å². The zero-order valence-electron chi connectivity index (χ0n) is 19.9. The predicted molar refractivity (Wildman–Crippen MR) is 145 cm³/mol. The maximum Gasteiger partial charge on any atom is 0.234 e. The highest BCUT2D eigenvalue weighted by molar-refractivity contribution is 7.99. The van der Waals surface area contributed by atoms with Gasteiger partial charge in [0.2, 0.25) is 5.91 Å². The van der Waals surface area contributed by atoms with Crippen LogP contribution >= 0.6 is 35.0 Å². The van der Waals surface area contributed by atoms with Gasteiger partial charge in [0.1, 0.15) is 11.5 Å². The third kappa shape index (κ3) is 5.78. The third-order valence-electron chi connectivity index (χ3n) is 5.24. The van der Waals surface area contributed by atoms with E-state index in [1.165, 1.54) is 18.9 Å². The minimum absolute atomic E-state index is 0.0997. The van der Waals surface area contributed by atoms with Crippen molar-refractivity contribution in [3.8, 4) is 28.6 Å². The van der Waals surface area contributed by atoms with Crippen LogP contribution in [0.3, 0.4) is 0 Å². The molecule has 0 aliphatic rings. The van der Waals surface area contributed by atoms with Crippen molar-refractivity contribution < 1.29 is 14.3 Å². The van der Waals surface area contributed by atoms with Crippen molar-refractivity contribution in [3.63, 3.8) is 0 Å². The van der Waals surface area contributed by atoms with E-state index in [0.29, 0.717) is 39.1 Å². The number of anilines is 1. The van der Waals surface area contributed by atoms with Gasteiger partial charge in [-0.1, -0.05) is 47.1 Å². The van der Waals surface area contributed by atoms with Gasteiger partial charge >= 0.3 is 0 Å². The van der Waals surface area contributed by atoms with Gasteiger partial charge in [-0.2, -0.15) is 0 Å². The van der Waals surface area contributed by atoms with Gasteiger partial charge < -0.3 is 14.8 Å². The van der Waals surface area contributed by atoms with E-state index in [2.05, 4.69) is 15.5 Å². The first-order valence-electron chi connectivity index (χ1n) is 11.1. The van der Waals surface area contributed by atoms with E-state index >= 15 is 0 Å². The van der Waals surface area contributed by atoms with Crippen LogP contribution < -0.4 is 14.8 Å². The number of carbonyl (C=O) groups excluding carboxylic acids is 1. The average molecular weight is 543 g/mol. The molecular formula is C26H24Cl2N4O3S. The number of methoxy groups -OCH3 is 1. The Kier molecular flexibility index (Phi) is 8.40. The van der Waals surface area contributed by atoms with Crippen molar-refractivity contribution >= 4 is 46.6 Å². The van der Waals surface area contributed by atoms with Crippen molar-refractivity contribution in [2.24, 2.45) is 0 Å². The minimum atomic E-state index is -0.222. The Morgan fingerprint density at radius 2 is 1.81 bits per heavy atom. The number of aryl methyl sites for hydroxylation is 1. The summed E-state index contributed by atoms with van der Waals surface area (Å²) in [4.78, 5) is 12.8. The van der Waals surface area contributed by atoms with Crippen molar-refractivity contribution in [1.29, 1.82) is 0 Å². The van der Waals surface area contributed by atoms with E-state index in [1.807, 2.05) is 60.9 Å². The number of nitrogens with zero attached hydrogens (tertiary/aromatic N) is 3. The lowest BCUT2D eigenvalue weighted by Gasteiger charge is -2.13. The molecule has 0 aliphatic carbocycles. The summed E-state index contributed by atoms with van der Waals surface area (Å²) in [6.07, 6.45) is 0. The molecular weight excluding hydrogens is 519 g/mol. The fourth-order valence-corrected chi connectivity index (χ4v) is 4.64. The van der Waals surface area contributed by atoms with Crippen LogP contribution in [0.5, 0.6) is 11.5 Å². The molecule has 186 valence electrons. The molecule has 1 aromatic heterocycles. The monoisotopic (exact) mass is 542 g/mol. The van der Waals surface area contributed by atoms with Crippen molar-refractivity contribution in [1.82, 2.24) is 14.8 Å². The molecule has 0 fully saturated rings. The topological polar surface area (TPSA) is 78.3 Å². The van der Waals surface area contributed by atoms with Crippen LogP contribution in [0.25, 0.3) is 17.1 Å². The normalized spacial score (nSPS) is 10.8. The lowest BCUT2D eigenvalue weighted by Crippen LogP contribution is -2.15. The van der Waals surface area contributed by atoms with E-state index in [1.54, 1.807) is 18.2 Å². The maximum atomic E-state index is 12.8. The van der Waals surface area contributed by atoms with Gasteiger partial charge in [0.15, 0.2) is 11.0 Å². The highest BCUT2D eigenvalue weighted by Gasteiger charge is 2.19. The maximum absolute atomic E-state index is 12.8. The molecule has 0 aliphatic heterocycles. The van der Waals surface area contributed by atoms with Crippen LogP contribution in [0.1, 0.15) is 12.5 Å². The van der Waals surface area contributed by atoms with Gasteiger partial charge in [0, 0.05) is 22.3 Å². The number of nitrogens with one attached hydrogen (secondary N) is 1. The molecule has 1 amide bonds. The lowest BCUT2D eigenvalue weighted by molar-refractivity contribution is -0.113. The number of rotatable bonds is 9. The third-order valence-corrected chi connectivity index (χ3v) is 6.91. The van der Waals surface area contributed by atoms with Crippen molar-refractivity contribution in [2.45, 2.75) is 19.0 Å². The van der Waals surface area contributed by atoms with Gasteiger partial charge in [-0.25, -0.2) is 0 Å². The molecule has 0 spiro atoms. The Balaban J connectivity index is 1.62. The fourth-order valence-electron chi connectivity index (χ4n) is 3.52. The average Bonchev–Trinajstić information content (AvgIpc) is 3.29. The number of ether oxygens (including phenoxy) is 2. The van der Waals surface area contributed by atoms with Crippen molar-refractivity contribution in [2.75, 3.05) is 24.8 Å². The molecule has 0 unspecified atom stereocenters. The summed E-state index contributed by atoms with van der Waals surface area (Å²) in [5.74, 6) is 1.70. The first-order chi connectivity index (χ1) is 17.4. The summed E-state index contributed by atoms with van der Waals surface area (Å²) >= 11 is 13.9. The van der Waals surface area contributed by atoms with E-state index in [-0.39, 0.29) is 11.7 Å². The van der Waals surface area contributed by atoms with Gasteiger partial charge in [-0.3, -0.25) is 9.36 Å². The smallest absolute Gasteiger partial charge is 0.234 e. The zero-order valence-corrected chi connectivity index (χ0v) is 22.2. The second-order valence-electron chi connectivity index (χ2n) is 7.69. The Morgan fingerprint density at radius 1 is 1.06 bits per heavy atom. The Labute approximate surface area is 223 Å². The number of hydrogen-bond donors (Lipinski definition) is 1. The van der Waals surface area contributed by atoms with Gasteiger partial charge in [0.05, 0.1) is 30.2 Å². The summed E-state index contributed by atoms with van der Waals surface area (Å²) in [6.45, 7) is 4.37. The molecule has 4 aromatic rings. The standard InChI is InChI=1S/C26H24Cl2N4O3S/c1-4-35-18-11-9-17(10-12-18)32-25(19-7-5-6-8-20(19)27)30-31-26(32)36-15-24(33)29-22-13-16(2)21(28)14-23(22)34-3/h5-14H,4,15H2,1-3H3,(H,29,33). The first kappa shape index (κ1) is 25.9. The summed E-state index contributed by atoms with van der Waals surface area (Å²) in [5.41, 5.74) is 2.93. The number of benzene rings is 3. The Bertz CT molecular complexity index is 1380. The predicted octanol–water partition coefficient (Wildman–Crippen LogP) is 6.69. The van der Waals surface area contributed by atoms with Gasteiger partial charge in [0.25, 0.3) is 0 Å². The van der Waals surface area contributed by atoms with Crippen molar-refractivity contribution in [3.05, 3.63) is 76.3 Å². The van der Waals surface area contributed by atoms with Crippen LogP contribution in [0.4, 0.5) is 5.69 Å². The van der Waals surface area contributed by atoms with Crippen LogP contribution in [-0.2, 0) is 4.79 Å². The SMILES string of the molecule is CCOc1ccc(-n2c(SCC(=O)Nc3cc(C)c(Cl)cc3OC)nnc2-c2ccccc2Cl)cc1. The van der Waals surface area contributed by atoms with Crippen LogP contribution in [0.15, 0.2) is 65.8 Å². The number of hydrogen-bond acceptors (Lipinski definition) is 6. The second-order valence-corrected chi connectivity index (χ2v) is 9.44. The molecule has 1 N–H and O–H groups in total. The molecule has 3 aromatic carbocycles. The summed E-state index contributed by atoms with van der Waals surface area (Å²) in [7, 11) is 1.53. The number of halogens is 2. The molecule has 7 nitrogen and oxygen atoms in total. The molecule has 0 atom stereocenters. The largest absolute Gasteiger partial charge is 0.495 e. The number of thioether (sulfide) groups is 1. The fraction of sp³-hybridized carbons (Fsp3) is 0.192. The number of carbonyl (C=O) groups is 1. The van der Waals surface area contributed by atoms with Gasteiger partial charge in [-0.05, 0) is 61.9 Å². The lowest BCUT2D eigenvalue weighted by atomic mass is 10.2. The molecule has 0 saturated heterocycles. The van der Waals surface area contributed by atoms with E-state index in [4.69, 9.17) is 32.7 Å². The highest BCUT2D eigenvalue weighted by atomic mass is 35.5. The van der Waals surface area contributed by atoms with E-state index in [9.17, 15) is 4.79 Å². The van der Waals surface area contributed by atoms with E-state index in [0.717, 1.165) is 22.6 Å². The second kappa shape index (κ2) is 11.7. The molecule has 0 bridgehead atoms. The summed E-state index contributed by atoms with van der Waals surface area (Å²) < 4.78 is 12.8. The molecule has 10 heteroatoms. The highest BCUT2D eigenvalue weighted by Crippen LogP contribution is 2.34. The molecule has 0 saturated carbocycles. The number of amides is 1. The molecule has 1 heterocycles. The van der Waals surface area contributed by atoms with Crippen LogP contribution in [0.2, 0.25) is 10.0 Å².